The zero-order valence-corrected chi connectivity index (χ0v) is 9.90. The van der Waals surface area contributed by atoms with Crippen LogP contribution in [0.2, 0.25) is 0 Å². The number of nitrogens with two attached hydrogens (primary N) is 1. The zero-order valence-electron chi connectivity index (χ0n) is 9.90. The molecule has 0 bridgehead atoms. The first kappa shape index (κ1) is 12.5. The molecule has 1 unspecified atom stereocenters. The number of aliphatic hydroxyl groups excluding tert-OH is 1. The first-order valence-corrected chi connectivity index (χ1v) is 5.21. The Bertz CT molecular complexity index is 389. The molecule has 88 valence electrons. The second kappa shape index (κ2) is 4.99. The van der Waals surface area contributed by atoms with Crippen LogP contribution in [0.3, 0.4) is 0 Å². The Balaban J connectivity index is 2.98. The number of aliphatic hydroxyl groups is 1. The minimum Gasteiger partial charge on any atom is -0.398 e. The normalized spacial score (nSPS) is 12.2. The van der Waals surface area contributed by atoms with Gasteiger partial charge in [-0.05, 0) is 32.0 Å². The number of benzene rings is 1. The van der Waals surface area contributed by atoms with Gasteiger partial charge in [0, 0.05) is 30.5 Å². The van der Waals surface area contributed by atoms with Gasteiger partial charge in [-0.1, -0.05) is 0 Å². The van der Waals surface area contributed by atoms with Crippen LogP contribution in [0.4, 0.5) is 11.4 Å². The fourth-order valence-corrected chi connectivity index (χ4v) is 1.59. The number of Topliss-reactive ketones (excluding diaryl/α,β-unsaturated/α-hetero) is 1. The number of carbonyl (C=O) groups excluding carboxylic acids is 1. The first-order valence-electron chi connectivity index (χ1n) is 5.21. The van der Waals surface area contributed by atoms with Gasteiger partial charge in [-0.3, -0.25) is 4.79 Å². The second-order valence-electron chi connectivity index (χ2n) is 4.06. The van der Waals surface area contributed by atoms with Crippen molar-refractivity contribution in [1.29, 1.82) is 0 Å². The summed E-state index contributed by atoms with van der Waals surface area (Å²) in [5.74, 6) is -0.0511. The van der Waals surface area contributed by atoms with E-state index in [2.05, 4.69) is 0 Å². The highest BCUT2D eigenvalue weighted by molar-refractivity contribution is 6.00. The summed E-state index contributed by atoms with van der Waals surface area (Å²) in [4.78, 5) is 13.2. The largest absolute Gasteiger partial charge is 0.398 e. The molecule has 16 heavy (non-hydrogen) atoms. The number of anilines is 2. The zero-order chi connectivity index (χ0) is 12.3. The van der Waals surface area contributed by atoms with Crippen molar-refractivity contribution in [3.05, 3.63) is 23.8 Å². The van der Waals surface area contributed by atoms with E-state index in [0.717, 1.165) is 5.69 Å². The highest BCUT2D eigenvalue weighted by atomic mass is 16.3. The van der Waals surface area contributed by atoms with Gasteiger partial charge in [0.15, 0.2) is 5.78 Å². The molecule has 4 nitrogen and oxygen atoms in total. The summed E-state index contributed by atoms with van der Waals surface area (Å²) >= 11 is 0. The van der Waals surface area contributed by atoms with E-state index >= 15 is 0 Å². The summed E-state index contributed by atoms with van der Waals surface area (Å²) in [6.07, 6.45) is -0.414. The molecule has 1 aromatic rings. The van der Waals surface area contributed by atoms with E-state index in [1.807, 2.05) is 18.0 Å². The predicted molar refractivity (Wildman–Crippen MR) is 65.8 cm³/mol. The molecular formula is C12H18N2O2. The Labute approximate surface area is 95.7 Å². The fraction of sp³-hybridized carbons (Fsp3) is 0.417. The minimum absolute atomic E-state index is 0.0511. The molecule has 0 aliphatic rings. The Hall–Kier alpha value is -1.55. The van der Waals surface area contributed by atoms with E-state index in [9.17, 15) is 9.90 Å². The van der Waals surface area contributed by atoms with E-state index in [0.29, 0.717) is 17.8 Å². The van der Waals surface area contributed by atoms with Gasteiger partial charge < -0.3 is 15.7 Å². The van der Waals surface area contributed by atoms with Crippen molar-refractivity contribution in [2.75, 3.05) is 24.2 Å². The SMILES string of the molecule is CC(=O)c1cc(N(C)CC(C)O)ccc1N. The molecule has 1 atom stereocenters. The van der Waals surface area contributed by atoms with Crippen LogP contribution >= 0.6 is 0 Å². The summed E-state index contributed by atoms with van der Waals surface area (Å²) in [7, 11) is 1.86. The lowest BCUT2D eigenvalue weighted by molar-refractivity contribution is 0.101. The third kappa shape index (κ3) is 2.97. The van der Waals surface area contributed by atoms with E-state index in [4.69, 9.17) is 5.73 Å². The van der Waals surface area contributed by atoms with E-state index < -0.39 is 6.10 Å². The summed E-state index contributed by atoms with van der Waals surface area (Å²) in [6, 6.07) is 5.30. The van der Waals surface area contributed by atoms with Crippen LogP contribution in [0, 0.1) is 0 Å². The van der Waals surface area contributed by atoms with Crippen LogP contribution in [0.25, 0.3) is 0 Å². The van der Waals surface area contributed by atoms with Gasteiger partial charge in [0.25, 0.3) is 0 Å². The Morgan fingerprint density at radius 1 is 1.56 bits per heavy atom. The molecule has 4 heteroatoms. The second-order valence-corrected chi connectivity index (χ2v) is 4.06. The monoisotopic (exact) mass is 222 g/mol. The van der Waals surface area contributed by atoms with Gasteiger partial charge >= 0.3 is 0 Å². The highest BCUT2D eigenvalue weighted by Gasteiger charge is 2.09. The molecule has 3 N–H and O–H groups in total. The fourth-order valence-electron chi connectivity index (χ4n) is 1.59. The summed E-state index contributed by atoms with van der Waals surface area (Å²) in [6.45, 7) is 3.73. The van der Waals surface area contributed by atoms with Crippen molar-refractivity contribution in [2.45, 2.75) is 20.0 Å². The number of hydrogen-bond acceptors (Lipinski definition) is 4. The van der Waals surface area contributed by atoms with E-state index in [-0.39, 0.29) is 5.78 Å². The lowest BCUT2D eigenvalue weighted by Crippen LogP contribution is -2.27. The first-order chi connectivity index (χ1) is 7.41. The number of ketones is 1. The van der Waals surface area contributed by atoms with Crippen LogP contribution in [-0.4, -0.2) is 30.6 Å². The quantitative estimate of drug-likeness (QED) is 0.595. The lowest BCUT2D eigenvalue weighted by atomic mass is 10.1. The van der Waals surface area contributed by atoms with Crippen molar-refractivity contribution in [3.8, 4) is 0 Å². The lowest BCUT2D eigenvalue weighted by Gasteiger charge is -2.21. The molecular weight excluding hydrogens is 204 g/mol. The van der Waals surface area contributed by atoms with Crippen molar-refractivity contribution in [3.63, 3.8) is 0 Å². The van der Waals surface area contributed by atoms with Gasteiger partial charge in [-0.25, -0.2) is 0 Å². The molecule has 0 radical (unpaired) electrons. The smallest absolute Gasteiger partial charge is 0.161 e. The average molecular weight is 222 g/mol. The van der Waals surface area contributed by atoms with Crippen molar-refractivity contribution >= 4 is 17.2 Å². The standard InChI is InChI=1S/C12H18N2O2/c1-8(15)7-14(3)10-4-5-12(13)11(6-10)9(2)16/h4-6,8,15H,7,13H2,1-3H3. The number of rotatable bonds is 4. The Morgan fingerprint density at radius 2 is 2.19 bits per heavy atom. The maximum Gasteiger partial charge on any atom is 0.161 e. The molecule has 1 aromatic carbocycles. The molecule has 0 saturated carbocycles. The highest BCUT2D eigenvalue weighted by Crippen LogP contribution is 2.21. The van der Waals surface area contributed by atoms with E-state index in [1.165, 1.54) is 6.92 Å². The Morgan fingerprint density at radius 3 is 2.69 bits per heavy atom. The number of nitrogen functional groups attached to an aromatic ring is 1. The molecule has 1 rings (SSSR count). The summed E-state index contributed by atoms with van der Waals surface area (Å²) in [5, 5.41) is 9.28. The number of likely N-dealkylation sites (N-methyl/N-ethyl adjacent to an activating group) is 1. The van der Waals surface area contributed by atoms with Crippen LogP contribution in [0.1, 0.15) is 24.2 Å². The Kier molecular flexibility index (Phi) is 3.90. The van der Waals surface area contributed by atoms with Crippen LogP contribution in [0.15, 0.2) is 18.2 Å². The van der Waals surface area contributed by atoms with Crippen molar-refractivity contribution in [2.24, 2.45) is 0 Å². The molecule has 0 aromatic heterocycles. The maximum absolute atomic E-state index is 11.3. The van der Waals surface area contributed by atoms with Gasteiger partial charge in [0.2, 0.25) is 0 Å². The van der Waals surface area contributed by atoms with Crippen molar-refractivity contribution in [1.82, 2.24) is 0 Å². The molecule has 0 heterocycles. The maximum atomic E-state index is 11.3. The number of hydrogen-bond donors (Lipinski definition) is 2. The molecule has 0 aliphatic heterocycles. The van der Waals surface area contributed by atoms with Crippen LogP contribution in [-0.2, 0) is 0 Å². The minimum atomic E-state index is -0.414. The predicted octanol–water partition coefficient (Wildman–Crippen LogP) is 1.29. The van der Waals surface area contributed by atoms with Gasteiger partial charge in [-0.2, -0.15) is 0 Å². The number of nitrogens with zero attached hydrogens (tertiary/aromatic N) is 1. The topological polar surface area (TPSA) is 66.6 Å². The third-order valence-electron chi connectivity index (χ3n) is 2.40. The number of carbonyl (C=O) groups is 1. The molecule has 0 saturated heterocycles. The molecule has 0 fully saturated rings. The van der Waals surface area contributed by atoms with Crippen LogP contribution < -0.4 is 10.6 Å². The van der Waals surface area contributed by atoms with Gasteiger partial charge in [-0.15, -0.1) is 0 Å². The summed E-state index contributed by atoms with van der Waals surface area (Å²) < 4.78 is 0. The molecule has 0 amide bonds. The van der Waals surface area contributed by atoms with Crippen LogP contribution in [0.5, 0.6) is 0 Å². The third-order valence-corrected chi connectivity index (χ3v) is 2.40. The summed E-state index contributed by atoms with van der Waals surface area (Å²) in [5.41, 5.74) is 7.59. The molecule has 0 spiro atoms. The van der Waals surface area contributed by atoms with E-state index in [1.54, 1.807) is 19.1 Å². The average Bonchev–Trinajstić information content (AvgIpc) is 2.16. The molecule has 0 aliphatic carbocycles. The van der Waals surface area contributed by atoms with Gasteiger partial charge in [0.1, 0.15) is 0 Å². The van der Waals surface area contributed by atoms with Crippen molar-refractivity contribution < 1.29 is 9.90 Å². The van der Waals surface area contributed by atoms with Gasteiger partial charge in [0.05, 0.1) is 6.10 Å².